The molecule has 10 nitrogen and oxygen atoms in total. The Morgan fingerprint density at radius 3 is 2.75 bits per heavy atom. The van der Waals surface area contributed by atoms with Gasteiger partial charge in [-0.05, 0) is 42.5 Å². The van der Waals surface area contributed by atoms with Crippen molar-refractivity contribution in [3.8, 4) is 11.5 Å². The van der Waals surface area contributed by atoms with Crippen molar-refractivity contribution >= 4 is 34.9 Å². The molecule has 13 heteroatoms. The largest absolute Gasteiger partial charge is 0.493 e. The summed E-state index contributed by atoms with van der Waals surface area (Å²) in [7, 11) is 1.29. The van der Waals surface area contributed by atoms with Gasteiger partial charge in [0.25, 0.3) is 11.1 Å². The molecule has 1 unspecified atom stereocenters. The fourth-order valence-electron chi connectivity index (χ4n) is 2.79. The van der Waals surface area contributed by atoms with Crippen LogP contribution in [-0.2, 0) is 9.59 Å². The van der Waals surface area contributed by atoms with E-state index in [-0.39, 0.29) is 35.4 Å². The number of ether oxygens (including phenoxy) is 2. The highest BCUT2D eigenvalue weighted by Crippen LogP contribution is 2.34. The van der Waals surface area contributed by atoms with Crippen LogP contribution < -0.4 is 14.8 Å². The molecule has 1 aliphatic rings. The second kappa shape index (κ2) is 10.2. The van der Waals surface area contributed by atoms with Crippen molar-refractivity contribution in [1.82, 2.24) is 25.0 Å². The smallest absolute Gasteiger partial charge is 0.387 e. The van der Waals surface area contributed by atoms with Crippen molar-refractivity contribution < 1.29 is 32.6 Å². The van der Waals surface area contributed by atoms with Crippen molar-refractivity contribution in [3.05, 3.63) is 41.3 Å². The highest BCUT2D eigenvalue weighted by molar-refractivity contribution is 8.18. The normalized spacial score (nSPS) is 16.0. The molecule has 1 fully saturated rings. The molecular formula is C19H19F2N5O5S. The maximum atomic E-state index is 12.6. The Morgan fingerprint density at radius 1 is 1.31 bits per heavy atom. The summed E-state index contributed by atoms with van der Waals surface area (Å²) < 4.78 is 35.7. The molecule has 0 spiro atoms. The van der Waals surface area contributed by atoms with Gasteiger partial charge in [0.15, 0.2) is 11.5 Å². The molecule has 32 heavy (non-hydrogen) atoms. The van der Waals surface area contributed by atoms with Gasteiger partial charge in [0.05, 0.1) is 12.0 Å². The Morgan fingerprint density at radius 2 is 2.09 bits per heavy atom. The van der Waals surface area contributed by atoms with Gasteiger partial charge in [-0.15, -0.1) is 0 Å². The molecule has 1 aromatic heterocycles. The van der Waals surface area contributed by atoms with E-state index in [1.807, 2.05) is 0 Å². The predicted octanol–water partition coefficient (Wildman–Crippen LogP) is 2.30. The average Bonchev–Trinajstić information content (AvgIpc) is 3.38. The lowest BCUT2D eigenvalue weighted by Crippen LogP contribution is -2.39. The van der Waals surface area contributed by atoms with Crippen LogP contribution in [0.4, 0.5) is 13.6 Å². The second-order valence-corrected chi connectivity index (χ2v) is 7.46. The van der Waals surface area contributed by atoms with E-state index < -0.39 is 23.8 Å². The molecule has 0 aliphatic carbocycles. The van der Waals surface area contributed by atoms with Gasteiger partial charge in [0, 0.05) is 13.1 Å². The summed E-state index contributed by atoms with van der Waals surface area (Å²) in [6.45, 7) is -1.32. The summed E-state index contributed by atoms with van der Waals surface area (Å²) >= 11 is 0.739. The summed E-state index contributed by atoms with van der Waals surface area (Å²) in [5, 5.41) is 6.05. The Bertz CT molecular complexity index is 1030. The molecule has 0 saturated carbocycles. The van der Waals surface area contributed by atoms with E-state index in [9.17, 15) is 23.2 Å². The van der Waals surface area contributed by atoms with Gasteiger partial charge in [0.1, 0.15) is 18.7 Å². The van der Waals surface area contributed by atoms with Crippen molar-refractivity contribution in [2.45, 2.75) is 19.6 Å². The van der Waals surface area contributed by atoms with Crippen LogP contribution in [0.15, 0.2) is 35.8 Å². The summed E-state index contributed by atoms with van der Waals surface area (Å²) in [6.07, 6.45) is 4.17. The van der Waals surface area contributed by atoms with Crippen molar-refractivity contribution in [2.24, 2.45) is 0 Å². The monoisotopic (exact) mass is 467 g/mol. The number of hydrogen-bond donors (Lipinski definition) is 1. The molecule has 0 bridgehead atoms. The first-order valence-electron chi connectivity index (χ1n) is 9.30. The third-order valence-electron chi connectivity index (χ3n) is 4.42. The third-order valence-corrected chi connectivity index (χ3v) is 5.33. The number of nitrogens with zero attached hydrogens (tertiary/aromatic N) is 4. The Hall–Kier alpha value is -3.48. The van der Waals surface area contributed by atoms with Crippen LogP contribution in [-0.4, -0.2) is 63.5 Å². The maximum Gasteiger partial charge on any atom is 0.387 e. The lowest BCUT2D eigenvalue weighted by atomic mass is 10.2. The number of rotatable bonds is 9. The number of benzene rings is 1. The number of methoxy groups -OCH3 is 1. The van der Waals surface area contributed by atoms with E-state index in [4.69, 9.17) is 4.74 Å². The van der Waals surface area contributed by atoms with Crippen molar-refractivity contribution in [3.63, 3.8) is 0 Å². The van der Waals surface area contributed by atoms with Crippen LogP contribution in [0, 0.1) is 0 Å². The number of halogens is 2. The number of aromatic nitrogens is 3. The number of thioether (sulfide) groups is 1. The molecule has 2 heterocycles. The predicted molar refractivity (Wildman–Crippen MR) is 110 cm³/mol. The molecule has 3 rings (SSSR count). The van der Waals surface area contributed by atoms with Gasteiger partial charge in [-0.3, -0.25) is 19.3 Å². The van der Waals surface area contributed by atoms with Crippen LogP contribution >= 0.6 is 11.8 Å². The molecule has 1 saturated heterocycles. The van der Waals surface area contributed by atoms with Crippen LogP contribution in [0.25, 0.3) is 6.08 Å². The minimum atomic E-state index is -3.01. The first-order chi connectivity index (χ1) is 15.3. The SMILES string of the molecule is COc1cc(C=C2SC(=O)N(CCNC(=O)C(C)n3cncn3)C2=O)ccc1OC(F)F. The average molecular weight is 467 g/mol. The topological polar surface area (TPSA) is 116 Å². The number of imide groups is 1. The number of carbonyl (C=O) groups is 3. The van der Waals surface area contributed by atoms with Crippen LogP contribution in [0.1, 0.15) is 18.5 Å². The zero-order valence-electron chi connectivity index (χ0n) is 17.0. The van der Waals surface area contributed by atoms with E-state index in [1.54, 1.807) is 6.92 Å². The first-order valence-corrected chi connectivity index (χ1v) is 10.1. The summed E-state index contributed by atoms with van der Waals surface area (Å²) in [4.78, 5) is 42.0. The molecule has 2 aromatic rings. The molecule has 1 atom stereocenters. The number of alkyl halides is 2. The van der Waals surface area contributed by atoms with Crippen LogP contribution in [0.5, 0.6) is 11.5 Å². The molecule has 1 N–H and O–H groups in total. The van der Waals surface area contributed by atoms with E-state index in [0.29, 0.717) is 5.56 Å². The van der Waals surface area contributed by atoms with E-state index in [1.165, 1.54) is 48.7 Å². The van der Waals surface area contributed by atoms with Crippen LogP contribution in [0.3, 0.4) is 0 Å². The minimum Gasteiger partial charge on any atom is -0.493 e. The highest BCUT2D eigenvalue weighted by atomic mass is 32.2. The van der Waals surface area contributed by atoms with Gasteiger partial charge < -0.3 is 14.8 Å². The lowest BCUT2D eigenvalue weighted by molar-refractivity contribution is -0.125. The van der Waals surface area contributed by atoms with E-state index >= 15 is 0 Å². The van der Waals surface area contributed by atoms with Crippen LogP contribution in [0.2, 0.25) is 0 Å². The Labute approximate surface area is 185 Å². The Kier molecular flexibility index (Phi) is 7.41. The summed E-state index contributed by atoms with van der Waals surface area (Å²) in [5.74, 6) is -0.951. The standard InChI is InChI=1S/C19H19F2N5O5S/c1-11(26-10-22-9-24-26)16(27)23-5-6-25-17(28)15(32-19(25)29)8-12-3-4-13(31-18(20)21)14(7-12)30-2/h3-4,7-11,18H,5-6H2,1-2H3,(H,23,27). The second-order valence-electron chi connectivity index (χ2n) is 6.46. The summed E-state index contributed by atoms with van der Waals surface area (Å²) in [6, 6.07) is 3.56. The van der Waals surface area contributed by atoms with E-state index in [2.05, 4.69) is 20.1 Å². The number of hydrogen-bond acceptors (Lipinski definition) is 8. The third kappa shape index (κ3) is 5.41. The lowest BCUT2D eigenvalue weighted by Gasteiger charge is -2.15. The number of amides is 3. The quantitative estimate of drug-likeness (QED) is 0.559. The summed E-state index contributed by atoms with van der Waals surface area (Å²) in [5.41, 5.74) is 0.462. The van der Waals surface area contributed by atoms with Gasteiger partial charge >= 0.3 is 6.61 Å². The van der Waals surface area contributed by atoms with E-state index in [0.717, 1.165) is 16.7 Å². The zero-order valence-corrected chi connectivity index (χ0v) is 17.8. The molecule has 0 radical (unpaired) electrons. The fourth-order valence-corrected chi connectivity index (χ4v) is 3.65. The Balaban J connectivity index is 1.61. The molecular weight excluding hydrogens is 448 g/mol. The number of carbonyl (C=O) groups excluding carboxylic acids is 3. The van der Waals surface area contributed by atoms with Gasteiger partial charge in [-0.1, -0.05) is 6.07 Å². The zero-order chi connectivity index (χ0) is 23.3. The maximum absolute atomic E-state index is 12.6. The van der Waals surface area contributed by atoms with Crippen molar-refractivity contribution in [1.29, 1.82) is 0 Å². The van der Waals surface area contributed by atoms with Gasteiger partial charge in [-0.25, -0.2) is 9.67 Å². The van der Waals surface area contributed by atoms with Gasteiger partial charge in [-0.2, -0.15) is 13.9 Å². The molecule has 3 amide bonds. The van der Waals surface area contributed by atoms with Crippen molar-refractivity contribution in [2.75, 3.05) is 20.2 Å². The highest BCUT2D eigenvalue weighted by Gasteiger charge is 2.34. The minimum absolute atomic E-state index is 0.0116. The number of nitrogens with one attached hydrogen (secondary N) is 1. The molecule has 170 valence electrons. The molecule has 1 aliphatic heterocycles. The molecule has 1 aromatic carbocycles. The van der Waals surface area contributed by atoms with Gasteiger partial charge in [0.2, 0.25) is 5.91 Å². The fraction of sp³-hybridized carbons (Fsp3) is 0.316. The first kappa shape index (κ1) is 23.2.